The van der Waals surface area contributed by atoms with E-state index in [1.165, 1.54) is 0 Å². The van der Waals surface area contributed by atoms with Crippen molar-refractivity contribution in [1.29, 1.82) is 0 Å². The summed E-state index contributed by atoms with van der Waals surface area (Å²) >= 11 is 0. The van der Waals surface area contributed by atoms with Crippen molar-refractivity contribution in [1.82, 2.24) is 24.8 Å². The Morgan fingerprint density at radius 2 is 1.83 bits per heavy atom. The number of piperazine rings is 1. The van der Waals surface area contributed by atoms with Gasteiger partial charge in [0.25, 0.3) is 0 Å². The van der Waals surface area contributed by atoms with Gasteiger partial charge in [-0.25, -0.2) is 15.0 Å². The summed E-state index contributed by atoms with van der Waals surface area (Å²) in [7, 11) is 0. The van der Waals surface area contributed by atoms with Crippen molar-refractivity contribution in [2.45, 2.75) is 19.4 Å². The van der Waals surface area contributed by atoms with Crippen molar-refractivity contribution in [3.63, 3.8) is 0 Å². The molecule has 0 aromatic carbocycles. The van der Waals surface area contributed by atoms with Crippen LogP contribution in [0.4, 0.5) is 5.95 Å². The third-order valence-electron chi connectivity index (χ3n) is 4.95. The molecule has 2 aromatic rings. The second kappa shape index (κ2) is 6.86. The molecular weight excluding hydrogens is 304 g/mol. The third-order valence-corrected chi connectivity index (χ3v) is 4.95. The summed E-state index contributed by atoms with van der Waals surface area (Å²) in [5, 5.41) is 0. The van der Waals surface area contributed by atoms with Gasteiger partial charge in [-0.3, -0.25) is 9.80 Å². The Morgan fingerprint density at radius 3 is 2.50 bits per heavy atom. The minimum absolute atomic E-state index is 0.695. The zero-order chi connectivity index (χ0) is 16.4. The first kappa shape index (κ1) is 15.5. The average Bonchev–Trinajstić information content (AvgIpc) is 3.00. The molecule has 2 aromatic heterocycles. The largest absolute Gasteiger partial charge is 0.446 e. The maximum Gasteiger partial charge on any atom is 0.225 e. The van der Waals surface area contributed by atoms with Crippen LogP contribution in [0.2, 0.25) is 0 Å². The number of anilines is 1. The van der Waals surface area contributed by atoms with Crippen LogP contribution in [0.25, 0.3) is 0 Å². The van der Waals surface area contributed by atoms with Crippen LogP contribution >= 0.6 is 0 Å². The molecule has 2 fully saturated rings. The highest BCUT2D eigenvalue weighted by Gasteiger charge is 2.33. The molecule has 128 valence electrons. The molecule has 0 aliphatic carbocycles. The van der Waals surface area contributed by atoms with Gasteiger partial charge in [0.1, 0.15) is 5.76 Å². The second-order valence-electron chi connectivity index (χ2n) is 6.58. The van der Waals surface area contributed by atoms with Gasteiger partial charge in [-0.05, 0) is 6.07 Å². The zero-order valence-electron chi connectivity index (χ0n) is 14.1. The number of hydrogen-bond acceptors (Lipinski definition) is 7. The van der Waals surface area contributed by atoms with Crippen LogP contribution in [0, 0.1) is 6.92 Å². The Hall–Kier alpha value is -1.99. The molecule has 0 saturated carbocycles. The first-order valence-corrected chi connectivity index (χ1v) is 8.67. The van der Waals surface area contributed by atoms with E-state index in [-0.39, 0.29) is 0 Å². The molecular formula is C17H24N6O. The lowest BCUT2D eigenvalue weighted by Gasteiger charge is -2.48. The van der Waals surface area contributed by atoms with Crippen molar-refractivity contribution in [2.24, 2.45) is 0 Å². The SMILES string of the molecule is Cc1ncc(CCN2CC(N3CCN(c4ncccn4)CC3)C2)o1. The fourth-order valence-corrected chi connectivity index (χ4v) is 3.49. The normalized spacial score (nSPS) is 20.3. The summed E-state index contributed by atoms with van der Waals surface area (Å²) in [6.07, 6.45) is 6.42. The monoisotopic (exact) mass is 328 g/mol. The quantitative estimate of drug-likeness (QED) is 0.805. The lowest BCUT2D eigenvalue weighted by molar-refractivity contribution is 0.0307. The highest BCUT2D eigenvalue weighted by molar-refractivity contribution is 5.29. The molecule has 4 heterocycles. The van der Waals surface area contributed by atoms with E-state index in [0.29, 0.717) is 6.04 Å². The summed E-state index contributed by atoms with van der Waals surface area (Å²) in [5.74, 6) is 2.61. The van der Waals surface area contributed by atoms with Gasteiger partial charge in [-0.2, -0.15) is 0 Å². The number of rotatable bonds is 5. The van der Waals surface area contributed by atoms with Crippen LogP contribution in [0.1, 0.15) is 11.7 Å². The minimum atomic E-state index is 0.695. The number of nitrogens with zero attached hydrogens (tertiary/aromatic N) is 6. The number of aryl methyl sites for hydroxylation is 1. The van der Waals surface area contributed by atoms with E-state index in [2.05, 4.69) is 29.7 Å². The van der Waals surface area contributed by atoms with E-state index in [1.807, 2.05) is 31.6 Å². The number of likely N-dealkylation sites (tertiary alicyclic amines) is 1. The maximum absolute atomic E-state index is 5.53. The zero-order valence-corrected chi connectivity index (χ0v) is 14.1. The summed E-state index contributed by atoms with van der Waals surface area (Å²) in [6.45, 7) is 9.49. The molecule has 2 saturated heterocycles. The van der Waals surface area contributed by atoms with E-state index in [0.717, 1.165) is 69.8 Å². The minimum Gasteiger partial charge on any atom is -0.446 e. The Kier molecular flexibility index (Phi) is 4.44. The molecule has 0 N–H and O–H groups in total. The van der Waals surface area contributed by atoms with Gasteiger partial charge in [-0.1, -0.05) is 0 Å². The van der Waals surface area contributed by atoms with Crippen molar-refractivity contribution >= 4 is 5.95 Å². The maximum atomic E-state index is 5.53. The fraction of sp³-hybridized carbons (Fsp3) is 0.588. The van der Waals surface area contributed by atoms with Crippen LogP contribution in [-0.4, -0.2) is 76.6 Å². The molecule has 0 radical (unpaired) electrons. The van der Waals surface area contributed by atoms with E-state index < -0.39 is 0 Å². The topological polar surface area (TPSA) is 61.5 Å². The fourth-order valence-electron chi connectivity index (χ4n) is 3.49. The van der Waals surface area contributed by atoms with E-state index in [4.69, 9.17) is 4.42 Å². The van der Waals surface area contributed by atoms with Crippen molar-refractivity contribution < 1.29 is 4.42 Å². The molecule has 0 bridgehead atoms. The molecule has 7 nitrogen and oxygen atoms in total. The van der Waals surface area contributed by atoms with Gasteiger partial charge in [0.05, 0.1) is 6.20 Å². The van der Waals surface area contributed by atoms with E-state index in [9.17, 15) is 0 Å². The van der Waals surface area contributed by atoms with Crippen LogP contribution in [0.3, 0.4) is 0 Å². The number of oxazole rings is 1. The van der Waals surface area contributed by atoms with Crippen LogP contribution < -0.4 is 4.90 Å². The van der Waals surface area contributed by atoms with Gasteiger partial charge in [0.2, 0.25) is 5.95 Å². The van der Waals surface area contributed by atoms with Gasteiger partial charge in [-0.15, -0.1) is 0 Å². The first-order chi connectivity index (χ1) is 11.8. The standard InChI is InChI=1S/C17H24N6O/c1-14-20-11-16(24-14)3-6-21-12-15(13-21)22-7-9-23(10-8-22)17-18-4-2-5-19-17/h2,4-5,11,15H,3,6-10,12-13H2,1H3. The molecule has 24 heavy (non-hydrogen) atoms. The molecule has 0 amide bonds. The van der Waals surface area contributed by atoms with Crippen LogP contribution in [0.15, 0.2) is 29.1 Å². The molecule has 7 heteroatoms. The highest BCUT2D eigenvalue weighted by Crippen LogP contribution is 2.19. The van der Waals surface area contributed by atoms with Crippen molar-refractivity contribution in [3.8, 4) is 0 Å². The Morgan fingerprint density at radius 1 is 1.08 bits per heavy atom. The van der Waals surface area contributed by atoms with Gasteiger partial charge >= 0.3 is 0 Å². The number of aromatic nitrogens is 3. The molecule has 0 unspecified atom stereocenters. The Labute approximate surface area is 142 Å². The average molecular weight is 328 g/mol. The second-order valence-corrected chi connectivity index (χ2v) is 6.58. The van der Waals surface area contributed by atoms with Crippen molar-refractivity contribution in [3.05, 3.63) is 36.3 Å². The summed E-state index contributed by atoms with van der Waals surface area (Å²) in [6, 6.07) is 2.56. The van der Waals surface area contributed by atoms with E-state index in [1.54, 1.807) is 0 Å². The summed E-state index contributed by atoms with van der Waals surface area (Å²) < 4.78 is 5.53. The van der Waals surface area contributed by atoms with Crippen LogP contribution in [0.5, 0.6) is 0 Å². The van der Waals surface area contributed by atoms with Gasteiger partial charge in [0.15, 0.2) is 5.89 Å². The predicted octanol–water partition coefficient (Wildman–Crippen LogP) is 0.822. The third kappa shape index (κ3) is 3.42. The molecule has 0 spiro atoms. The Bertz CT molecular complexity index is 646. The molecule has 2 aliphatic rings. The Balaban J connectivity index is 1.18. The van der Waals surface area contributed by atoms with Crippen molar-refractivity contribution in [2.75, 3.05) is 50.7 Å². The molecule has 2 aliphatic heterocycles. The summed E-state index contributed by atoms with van der Waals surface area (Å²) in [4.78, 5) is 20.2. The lowest BCUT2D eigenvalue weighted by atomic mass is 10.1. The van der Waals surface area contributed by atoms with Gasteiger partial charge in [0, 0.05) is 77.6 Å². The molecule has 0 atom stereocenters. The van der Waals surface area contributed by atoms with Crippen LogP contribution in [-0.2, 0) is 6.42 Å². The molecule has 4 rings (SSSR count). The smallest absolute Gasteiger partial charge is 0.225 e. The summed E-state index contributed by atoms with van der Waals surface area (Å²) in [5.41, 5.74) is 0. The predicted molar refractivity (Wildman–Crippen MR) is 91.0 cm³/mol. The first-order valence-electron chi connectivity index (χ1n) is 8.67. The number of hydrogen-bond donors (Lipinski definition) is 0. The van der Waals surface area contributed by atoms with Gasteiger partial charge < -0.3 is 9.32 Å². The lowest BCUT2D eigenvalue weighted by Crippen LogP contribution is -2.63. The highest BCUT2D eigenvalue weighted by atomic mass is 16.3. The van der Waals surface area contributed by atoms with E-state index >= 15 is 0 Å².